The van der Waals surface area contributed by atoms with E-state index in [4.69, 9.17) is 4.74 Å². The minimum absolute atomic E-state index is 0.250. The molecular weight excluding hydrogens is 250 g/mol. The zero-order valence-corrected chi connectivity index (χ0v) is 11.0. The van der Waals surface area contributed by atoms with Crippen molar-refractivity contribution in [1.82, 2.24) is 0 Å². The van der Waals surface area contributed by atoms with Gasteiger partial charge in [0, 0.05) is 12.8 Å². The lowest BCUT2D eigenvalue weighted by atomic mass is 10.1. The molecule has 0 saturated heterocycles. The molecule has 100 valence electrons. The normalized spacial score (nSPS) is 17.7. The molecule has 3 heteroatoms. The molecule has 2 aromatic rings. The highest BCUT2D eigenvalue weighted by atomic mass is 16.6. The van der Waals surface area contributed by atoms with Crippen LogP contribution in [0.3, 0.4) is 0 Å². The number of rotatable bonds is 4. The SMILES string of the molecule is O=C1OC(Cc2ccccc2)=NC1Cc1ccccc1. The van der Waals surface area contributed by atoms with Crippen LogP contribution < -0.4 is 0 Å². The fraction of sp³-hybridized carbons (Fsp3) is 0.176. The number of cyclic esters (lactones) is 1. The Morgan fingerprint density at radius 3 is 2.15 bits per heavy atom. The second kappa shape index (κ2) is 5.70. The summed E-state index contributed by atoms with van der Waals surface area (Å²) in [5, 5.41) is 0. The summed E-state index contributed by atoms with van der Waals surface area (Å²) in [5.74, 6) is 0.266. The Bertz CT molecular complexity index is 620. The third kappa shape index (κ3) is 2.94. The quantitative estimate of drug-likeness (QED) is 0.797. The molecule has 1 atom stereocenters. The van der Waals surface area contributed by atoms with Crippen LogP contribution in [0.5, 0.6) is 0 Å². The maximum atomic E-state index is 11.8. The summed E-state index contributed by atoms with van der Waals surface area (Å²) in [4.78, 5) is 16.2. The lowest BCUT2D eigenvalue weighted by Crippen LogP contribution is -2.17. The maximum absolute atomic E-state index is 11.8. The topological polar surface area (TPSA) is 38.7 Å². The second-order valence-electron chi connectivity index (χ2n) is 4.81. The predicted octanol–water partition coefficient (Wildman–Crippen LogP) is 2.80. The molecule has 1 heterocycles. The molecule has 3 rings (SSSR count). The summed E-state index contributed by atoms with van der Waals surface area (Å²) < 4.78 is 5.26. The number of esters is 1. The number of carbonyl (C=O) groups is 1. The van der Waals surface area contributed by atoms with Crippen LogP contribution in [-0.2, 0) is 22.4 Å². The van der Waals surface area contributed by atoms with Crippen LogP contribution in [0, 0.1) is 0 Å². The number of aliphatic imine (C=N–C) groups is 1. The minimum atomic E-state index is -0.406. The first kappa shape index (κ1) is 12.6. The first-order valence-corrected chi connectivity index (χ1v) is 6.67. The van der Waals surface area contributed by atoms with Crippen molar-refractivity contribution in [2.75, 3.05) is 0 Å². The molecule has 1 aliphatic rings. The minimum Gasteiger partial charge on any atom is -0.410 e. The Balaban J connectivity index is 1.69. The molecule has 0 fully saturated rings. The van der Waals surface area contributed by atoms with E-state index < -0.39 is 6.04 Å². The summed E-state index contributed by atoms with van der Waals surface area (Å²) in [6.45, 7) is 0. The summed E-state index contributed by atoms with van der Waals surface area (Å²) in [6, 6.07) is 19.4. The van der Waals surface area contributed by atoms with E-state index in [0.29, 0.717) is 18.7 Å². The lowest BCUT2D eigenvalue weighted by molar-refractivity contribution is -0.135. The molecule has 0 aliphatic carbocycles. The van der Waals surface area contributed by atoms with Gasteiger partial charge in [-0.3, -0.25) is 0 Å². The van der Waals surface area contributed by atoms with Crippen LogP contribution >= 0.6 is 0 Å². The Labute approximate surface area is 117 Å². The largest absolute Gasteiger partial charge is 0.410 e. The Morgan fingerprint density at radius 1 is 0.900 bits per heavy atom. The van der Waals surface area contributed by atoms with Gasteiger partial charge in [-0.15, -0.1) is 0 Å². The number of benzene rings is 2. The van der Waals surface area contributed by atoms with Gasteiger partial charge in [-0.2, -0.15) is 0 Å². The molecule has 0 aromatic heterocycles. The third-order valence-corrected chi connectivity index (χ3v) is 3.26. The highest BCUT2D eigenvalue weighted by Gasteiger charge is 2.28. The van der Waals surface area contributed by atoms with Gasteiger partial charge in [0.2, 0.25) is 0 Å². The van der Waals surface area contributed by atoms with Crippen LogP contribution in [-0.4, -0.2) is 17.9 Å². The maximum Gasteiger partial charge on any atom is 0.337 e. The standard InChI is InChI=1S/C17H15NO2/c19-17-15(11-13-7-3-1-4-8-13)18-16(20-17)12-14-9-5-2-6-10-14/h1-10,15H,11-12H2. The fourth-order valence-corrected chi connectivity index (χ4v) is 2.26. The van der Waals surface area contributed by atoms with Gasteiger partial charge >= 0.3 is 5.97 Å². The van der Waals surface area contributed by atoms with Crippen molar-refractivity contribution in [2.45, 2.75) is 18.9 Å². The van der Waals surface area contributed by atoms with Crippen molar-refractivity contribution in [3.63, 3.8) is 0 Å². The van der Waals surface area contributed by atoms with Crippen molar-refractivity contribution >= 4 is 11.9 Å². The molecule has 0 saturated carbocycles. The molecule has 0 spiro atoms. The molecule has 0 radical (unpaired) electrons. The average Bonchev–Trinajstić information content (AvgIpc) is 2.81. The third-order valence-electron chi connectivity index (χ3n) is 3.26. The molecule has 1 unspecified atom stereocenters. The monoisotopic (exact) mass is 265 g/mol. The molecule has 20 heavy (non-hydrogen) atoms. The summed E-state index contributed by atoms with van der Waals surface area (Å²) in [7, 11) is 0. The molecule has 1 aliphatic heterocycles. The van der Waals surface area contributed by atoms with Crippen LogP contribution in [0.15, 0.2) is 65.7 Å². The average molecular weight is 265 g/mol. The molecule has 2 aromatic carbocycles. The molecular formula is C17H15NO2. The van der Waals surface area contributed by atoms with Crippen molar-refractivity contribution in [3.8, 4) is 0 Å². The van der Waals surface area contributed by atoms with Gasteiger partial charge in [0.25, 0.3) is 0 Å². The van der Waals surface area contributed by atoms with E-state index in [2.05, 4.69) is 4.99 Å². The second-order valence-corrected chi connectivity index (χ2v) is 4.81. The molecule has 0 N–H and O–H groups in total. The van der Waals surface area contributed by atoms with Gasteiger partial charge in [-0.1, -0.05) is 60.7 Å². The van der Waals surface area contributed by atoms with Crippen LogP contribution in [0.1, 0.15) is 11.1 Å². The predicted molar refractivity (Wildman–Crippen MR) is 77.6 cm³/mol. The van der Waals surface area contributed by atoms with E-state index >= 15 is 0 Å². The number of hydrogen-bond donors (Lipinski definition) is 0. The van der Waals surface area contributed by atoms with Gasteiger partial charge in [-0.05, 0) is 11.1 Å². The highest BCUT2D eigenvalue weighted by molar-refractivity contribution is 5.98. The van der Waals surface area contributed by atoms with Crippen molar-refractivity contribution in [3.05, 3.63) is 71.8 Å². The summed E-state index contributed by atoms with van der Waals surface area (Å²) >= 11 is 0. The van der Waals surface area contributed by atoms with E-state index in [9.17, 15) is 4.79 Å². The smallest absolute Gasteiger partial charge is 0.337 e. The van der Waals surface area contributed by atoms with Crippen LogP contribution in [0.2, 0.25) is 0 Å². The first-order chi connectivity index (χ1) is 9.81. The van der Waals surface area contributed by atoms with Gasteiger partial charge in [0.15, 0.2) is 11.9 Å². The van der Waals surface area contributed by atoms with Crippen LogP contribution in [0.4, 0.5) is 0 Å². The molecule has 3 nitrogen and oxygen atoms in total. The van der Waals surface area contributed by atoms with E-state index in [-0.39, 0.29) is 5.97 Å². The molecule has 0 bridgehead atoms. The zero-order chi connectivity index (χ0) is 13.8. The number of hydrogen-bond acceptors (Lipinski definition) is 3. The van der Waals surface area contributed by atoms with Gasteiger partial charge < -0.3 is 4.74 Å². The lowest BCUT2D eigenvalue weighted by Gasteiger charge is -2.02. The first-order valence-electron chi connectivity index (χ1n) is 6.67. The van der Waals surface area contributed by atoms with Crippen molar-refractivity contribution in [1.29, 1.82) is 0 Å². The van der Waals surface area contributed by atoms with E-state index in [1.807, 2.05) is 60.7 Å². The van der Waals surface area contributed by atoms with Crippen LogP contribution in [0.25, 0.3) is 0 Å². The Kier molecular flexibility index (Phi) is 3.59. The zero-order valence-electron chi connectivity index (χ0n) is 11.0. The van der Waals surface area contributed by atoms with Gasteiger partial charge in [-0.25, -0.2) is 9.79 Å². The van der Waals surface area contributed by atoms with E-state index in [1.54, 1.807) is 0 Å². The Morgan fingerprint density at radius 2 is 1.50 bits per heavy atom. The van der Waals surface area contributed by atoms with E-state index in [1.165, 1.54) is 0 Å². The van der Waals surface area contributed by atoms with E-state index in [0.717, 1.165) is 11.1 Å². The fourth-order valence-electron chi connectivity index (χ4n) is 2.26. The van der Waals surface area contributed by atoms with Crippen molar-refractivity contribution < 1.29 is 9.53 Å². The number of nitrogens with zero attached hydrogens (tertiary/aromatic N) is 1. The number of carbonyl (C=O) groups excluding carboxylic acids is 1. The molecule has 0 amide bonds. The van der Waals surface area contributed by atoms with Gasteiger partial charge in [0.05, 0.1) is 0 Å². The number of ether oxygens (including phenoxy) is 1. The van der Waals surface area contributed by atoms with Crippen molar-refractivity contribution in [2.24, 2.45) is 4.99 Å². The summed E-state index contributed by atoms with van der Waals surface area (Å²) in [6.07, 6.45) is 1.16. The highest BCUT2D eigenvalue weighted by Crippen LogP contribution is 2.15. The van der Waals surface area contributed by atoms with Gasteiger partial charge in [0.1, 0.15) is 0 Å². The Hall–Kier alpha value is -2.42. The summed E-state index contributed by atoms with van der Waals surface area (Å²) in [5.41, 5.74) is 2.19.